The first-order valence-corrected chi connectivity index (χ1v) is 8.63. The molecule has 3 saturated heterocycles. The minimum atomic E-state index is 0.282. The Morgan fingerprint density at radius 3 is 2.50 bits per heavy atom. The summed E-state index contributed by atoms with van der Waals surface area (Å²) in [5.41, 5.74) is 0.351. The van der Waals surface area contributed by atoms with Crippen molar-refractivity contribution in [2.24, 2.45) is 11.3 Å². The van der Waals surface area contributed by atoms with Crippen LogP contribution in [0.25, 0.3) is 0 Å². The van der Waals surface area contributed by atoms with Gasteiger partial charge in [0.05, 0.1) is 5.37 Å². The molecule has 0 aromatic rings. The van der Waals surface area contributed by atoms with E-state index in [4.69, 9.17) is 0 Å². The van der Waals surface area contributed by atoms with Gasteiger partial charge in [-0.3, -0.25) is 9.69 Å². The molecular weight excluding hydrogens is 268 g/mol. The lowest BCUT2D eigenvalue weighted by atomic mass is 9.71. The summed E-state index contributed by atoms with van der Waals surface area (Å²) in [6, 6.07) is 0.918. The van der Waals surface area contributed by atoms with Crippen molar-refractivity contribution < 1.29 is 4.79 Å². The van der Waals surface area contributed by atoms with E-state index in [2.05, 4.69) is 43.2 Å². The van der Waals surface area contributed by atoms with E-state index < -0.39 is 0 Å². The first-order chi connectivity index (χ1) is 9.37. The first-order valence-electron chi connectivity index (χ1n) is 8.12. The number of hydrogen-bond acceptors (Lipinski definition) is 3. The van der Waals surface area contributed by atoms with E-state index in [9.17, 15) is 4.79 Å². The van der Waals surface area contributed by atoms with Crippen LogP contribution in [0.1, 0.15) is 52.9 Å². The second-order valence-corrected chi connectivity index (χ2v) is 8.58. The average molecular weight is 296 g/mol. The Morgan fingerprint density at radius 1 is 1.30 bits per heavy atom. The van der Waals surface area contributed by atoms with Crippen LogP contribution in [0, 0.1) is 11.3 Å². The molecular formula is C16H28N2OS. The maximum Gasteiger partial charge on any atom is 0.226 e. The minimum absolute atomic E-state index is 0.282. The van der Waals surface area contributed by atoms with Gasteiger partial charge >= 0.3 is 0 Å². The Labute approximate surface area is 128 Å². The fraction of sp³-hybridized carbons (Fsp3) is 0.938. The number of thiol groups is 1. The van der Waals surface area contributed by atoms with Crippen molar-refractivity contribution in [3.63, 3.8) is 0 Å². The van der Waals surface area contributed by atoms with Crippen LogP contribution < -0.4 is 0 Å². The fourth-order valence-electron chi connectivity index (χ4n) is 4.43. The molecule has 2 bridgehead atoms. The molecule has 3 heterocycles. The molecule has 4 atom stereocenters. The van der Waals surface area contributed by atoms with E-state index in [-0.39, 0.29) is 5.92 Å². The summed E-state index contributed by atoms with van der Waals surface area (Å²) in [6.07, 6.45) is 5.87. The number of carbonyl (C=O) groups excluding carboxylic acids is 1. The van der Waals surface area contributed by atoms with E-state index in [0.717, 1.165) is 25.9 Å². The fourth-order valence-corrected chi connectivity index (χ4v) is 4.62. The molecule has 3 nitrogen and oxygen atoms in total. The SMILES string of the molecule is CC(S)N1CC2CC(C1)N2C(=O)C1CCCC(C)(C)C1. The minimum Gasteiger partial charge on any atom is -0.334 e. The van der Waals surface area contributed by atoms with Crippen molar-refractivity contribution >= 4 is 18.5 Å². The lowest BCUT2D eigenvalue weighted by molar-refractivity contribution is -0.161. The molecule has 1 saturated carbocycles. The molecule has 1 aliphatic carbocycles. The van der Waals surface area contributed by atoms with Crippen molar-refractivity contribution in [1.29, 1.82) is 0 Å². The molecule has 4 rings (SSSR count). The molecule has 0 N–H and O–H groups in total. The Morgan fingerprint density at radius 2 is 1.95 bits per heavy atom. The normalized spacial score (nSPS) is 38.2. The van der Waals surface area contributed by atoms with Crippen LogP contribution in [0.5, 0.6) is 0 Å². The van der Waals surface area contributed by atoms with Gasteiger partial charge in [0.25, 0.3) is 0 Å². The Bertz CT molecular complexity index is 384. The molecule has 4 unspecified atom stereocenters. The van der Waals surface area contributed by atoms with Gasteiger partial charge in [0.2, 0.25) is 5.91 Å². The van der Waals surface area contributed by atoms with Gasteiger partial charge in [-0.15, -0.1) is 0 Å². The molecule has 0 radical (unpaired) electrons. The standard InChI is InChI=1S/C16H28N2OS/c1-11(20)17-9-13-7-14(10-17)18(13)15(19)12-5-4-6-16(2,3)8-12/h11-14,20H,4-10H2,1-3H3. The maximum atomic E-state index is 12.8. The molecule has 4 heteroatoms. The summed E-state index contributed by atoms with van der Waals surface area (Å²) in [5.74, 6) is 0.731. The number of fused-ring (bicyclic) bond motifs is 2. The van der Waals surface area contributed by atoms with Gasteiger partial charge in [0.15, 0.2) is 0 Å². The molecule has 4 fully saturated rings. The topological polar surface area (TPSA) is 23.6 Å². The molecule has 0 spiro atoms. The van der Waals surface area contributed by atoms with E-state index in [1.807, 2.05) is 0 Å². The number of nitrogens with zero attached hydrogens (tertiary/aromatic N) is 2. The summed E-state index contributed by atoms with van der Waals surface area (Å²) >= 11 is 4.53. The molecule has 20 heavy (non-hydrogen) atoms. The molecule has 0 aromatic heterocycles. The van der Waals surface area contributed by atoms with Gasteiger partial charge < -0.3 is 4.90 Å². The number of piperazine rings is 1. The average Bonchev–Trinajstić information content (AvgIpc) is 2.37. The van der Waals surface area contributed by atoms with Crippen molar-refractivity contribution in [2.45, 2.75) is 70.3 Å². The van der Waals surface area contributed by atoms with Crippen LogP contribution in [0.15, 0.2) is 0 Å². The van der Waals surface area contributed by atoms with Gasteiger partial charge in [0, 0.05) is 31.1 Å². The van der Waals surface area contributed by atoms with E-state index in [1.165, 1.54) is 19.3 Å². The third-order valence-corrected chi connectivity index (χ3v) is 5.89. The van der Waals surface area contributed by atoms with Crippen LogP contribution in [-0.2, 0) is 4.79 Å². The summed E-state index contributed by atoms with van der Waals surface area (Å²) in [6.45, 7) is 8.79. The largest absolute Gasteiger partial charge is 0.334 e. The van der Waals surface area contributed by atoms with E-state index in [1.54, 1.807) is 0 Å². The highest BCUT2D eigenvalue weighted by Crippen LogP contribution is 2.42. The first kappa shape index (κ1) is 14.7. The molecule has 1 amide bonds. The summed E-state index contributed by atoms with van der Waals surface area (Å²) in [4.78, 5) is 17.5. The highest BCUT2D eigenvalue weighted by Gasteiger charge is 2.49. The van der Waals surface area contributed by atoms with E-state index >= 15 is 0 Å². The third-order valence-electron chi connectivity index (χ3n) is 5.56. The highest BCUT2D eigenvalue weighted by atomic mass is 32.1. The molecule has 0 aromatic carbocycles. The Kier molecular flexibility index (Phi) is 3.83. The number of carbonyl (C=O) groups is 1. The zero-order chi connectivity index (χ0) is 14.5. The van der Waals surface area contributed by atoms with Gasteiger partial charge in [-0.05, 0) is 38.0 Å². The van der Waals surface area contributed by atoms with Gasteiger partial charge in [-0.25, -0.2) is 0 Å². The van der Waals surface area contributed by atoms with Crippen molar-refractivity contribution in [1.82, 2.24) is 9.80 Å². The summed E-state index contributed by atoms with van der Waals surface area (Å²) in [7, 11) is 0. The number of amides is 1. The van der Waals surface area contributed by atoms with Crippen LogP contribution in [0.4, 0.5) is 0 Å². The Balaban J connectivity index is 1.62. The van der Waals surface area contributed by atoms with Crippen LogP contribution >= 0.6 is 12.6 Å². The van der Waals surface area contributed by atoms with Crippen LogP contribution in [0.3, 0.4) is 0 Å². The van der Waals surface area contributed by atoms with Gasteiger partial charge in [-0.2, -0.15) is 12.6 Å². The van der Waals surface area contributed by atoms with Gasteiger partial charge in [-0.1, -0.05) is 20.3 Å². The zero-order valence-corrected chi connectivity index (χ0v) is 13.9. The molecule has 3 aliphatic heterocycles. The number of rotatable bonds is 2. The smallest absolute Gasteiger partial charge is 0.226 e. The monoisotopic (exact) mass is 296 g/mol. The Hall–Kier alpha value is -0.220. The van der Waals surface area contributed by atoms with Crippen LogP contribution in [0.2, 0.25) is 0 Å². The van der Waals surface area contributed by atoms with Crippen LogP contribution in [-0.4, -0.2) is 46.3 Å². The summed E-state index contributed by atoms with van der Waals surface area (Å²) < 4.78 is 0. The van der Waals surface area contributed by atoms with Crippen molar-refractivity contribution in [3.8, 4) is 0 Å². The predicted octanol–water partition coefficient (Wildman–Crippen LogP) is 2.76. The zero-order valence-electron chi connectivity index (χ0n) is 13.0. The lowest BCUT2D eigenvalue weighted by Crippen LogP contribution is -2.71. The second kappa shape index (κ2) is 5.20. The lowest BCUT2D eigenvalue weighted by Gasteiger charge is -2.58. The predicted molar refractivity (Wildman–Crippen MR) is 84.8 cm³/mol. The summed E-state index contributed by atoms with van der Waals surface area (Å²) in [5, 5.41) is 0.311. The van der Waals surface area contributed by atoms with Crippen molar-refractivity contribution in [2.75, 3.05) is 13.1 Å². The number of hydrogen-bond donors (Lipinski definition) is 1. The second-order valence-electron chi connectivity index (χ2n) is 7.83. The van der Waals surface area contributed by atoms with Crippen molar-refractivity contribution in [3.05, 3.63) is 0 Å². The maximum absolute atomic E-state index is 12.8. The van der Waals surface area contributed by atoms with E-state index in [0.29, 0.717) is 28.8 Å². The quantitative estimate of drug-likeness (QED) is 0.792. The highest BCUT2D eigenvalue weighted by molar-refractivity contribution is 7.80. The van der Waals surface area contributed by atoms with Gasteiger partial charge in [0.1, 0.15) is 0 Å². The molecule has 114 valence electrons. The number of piperidine rings is 1. The molecule has 4 aliphatic rings. The third kappa shape index (κ3) is 2.61.